The molecule has 0 radical (unpaired) electrons. The van der Waals surface area contributed by atoms with Crippen LogP contribution in [-0.2, 0) is 17.1 Å². The summed E-state index contributed by atoms with van der Waals surface area (Å²) in [6.45, 7) is 3.56. The second kappa shape index (κ2) is 6.28. The summed E-state index contributed by atoms with van der Waals surface area (Å²) < 4.78 is 34.5. The Hall–Kier alpha value is -2.52. The van der Waals surface area contributed by atoms with Gasteiger partial charge in [0.15, 0.2) is 5.76 Å². The summed E-state index contributed by atoms with van der Waals surface area (Å²) in [5.41, 5.74) is 0.716. The lowest BCUT2D eigenvalue weighted by Gasteiger charge is -2.25. The monoisotopic (exact) mass is 388 g/mol. The molecule has 3 heterocycles. The molecule has 3 aromatic rings. The summed E-state index contributed by atoms with van der Waals surface area (Å²) in [6.07, 6.45) is 1.29. The summed E-state index contributed by atoms with van der Waals surface area (Å²) >= 11 is 0. The van der Waals surface area contributed by atoms with Gasteiger partial charge in [-0.05, 0) is 38.8 Å². The van der Waals surface area contributed by atoms with Crippen molar-refractivity contribution < 1.29 is 12.9 Å². The highest BCUT2D eigenvalue weighted by molar-refractivity contribution is 7.89. The number of hydrogen-bond donors (Lipinski definition) is 0. The molecule has 0 spiro atoms. The average Bonchev–Trinajstić information content (AvgIpc) is 3.25. The van der Waals surface area contributed by atoms with Crippen molar-refractivity contribution in [1.82, 2.24) is 19.0 Å². The van der Waals surface area contributed by atoms with Crippen molar-refractivity contribution in [3.63, 3.8) is 0 Å². The van der Waals surface area contributed by atoms with Crippen LogP contribution in [-0.4, -0.2) is 34.0 Å². The van der Waals surface area contributed by atoms with E-state index in [1.54, 1.807) is 39.1 Å². The molecule has 2 aromatic heterocycles. The van der Waals surface area contributed by atoms with E-state index in [1.807, 2.05) is 6.07 Å². The van der Waals surface area contributed by atoms with E-state index in [0.717, 1.165) is 0 Å². The quantitative estimate of drug-likeness (QED) is 0.681. The Labute approximate surface area is 156 Å². The van der Waals surface area contributed by atoms with Crippen LogP contribution in [0, 0.1) is 13.8 Å². The predicted molar refractivity (Wildman–Crippen MR) is 98.8 cm³/mol. The van der Waals surface area contributed by atoms with Crippen molar-refractivity contribution in [3.8, 4) is 0 Å². The zero-order chi connectivity index (χ0) is 19.3. The Kier molecular flexibility index (Phi) is 4.15. The molecule has 9 heteroatoms. The Morgan fingerprint density at radius 3 is 2.67 bits per heavy atom. The van der Waals surface area contributed by atoms with Crippen molar-refractivity contribution in [2.75, 3.05) is 6.54 Å². The summed E-state index contributed by atoms with van der Waals surface area (Å²) in [5.74, 6) is 0.713. The fraction of sp³-hybridized carbons (Fsp3) is 0.389. The van der Waals surface area contributed by atoms with Crippen LogP contribution in [0.1, 0.15) is 36.2 Å². The molecule has 1 unspecified atom stereocenters. The van der Waals surface area contributed by atoms with Crippen LogP contribution >= 0.6 is 0 Å². The molecule has 0 saturated carbocycles. The molecule has 1 saturated heterocycles. The molecule has 1 fully saturated rings. The molecule has 1 aromatic carbocycles. The van der Waals surface area contributed by atoms with E-state index < -0.39 is 16.1 Å². The second-order valence-corrected chi connectivity index (χ2v) is 8.61. The maximum Gasteiger partial charge on any atom is 0.261 e. The maximum atomic E-state index is 13.3. The first kappa shape index (κ1) is 17.9. The van der Waals surface area contributed by atoms with Gasteiger partial charge < -0.3 is 4.52 Å². The molecule has 27 heavy (non-hydrogen) atoms. The summed E-state index contributed by atoms with van der Waals surface area (Å²) in [6, 6.07) is 6.58. The molecule has 0 aliphatic carbocycles. The van der Waals surface area contributed by atoms with E-state index in [2.05, 4.69) is 10.1 Å². The van der Waals surface area contributed by atoms with Crippen LogP contribution < -0.4 is 5.56 Å². The predicted octanol–water partition coefficient (Wildman–Crippen LogP) is 2.06. The first-order chi connectivity index (χ1) is 12.8. The number of fused-ring (bicyclic) bond motifs is 1. The fourth-order valence-corrected chi connectivity index (χ4v) is 5.73. The van der Waals surface area contributed by atoms with Gasteiger partial charge in [-0.15, -0.1) is 0 Å². The third-order valence-electron chi connectivity index (χ3n) is 5.05. The van der Waals surface area contributed by atoms with Gasteiger partial charge in [0.25, 0.3) is 5.56 Å². The number of hydrogen-bond acceptors (Lipinski definition) is 6. The van der Waals surface area contributed by atoms with Crippen LogP contribution in [0.2, 0.25) is 0 Å². The lowest BCUT2D eigenvalue weighted by Crippen LogP contribution is -2.35. The zero-order valence-corrected chi connectivity index (χ0v) is 16.2. The third kappa shape index (κ3) is 2.69. The smallest absolute Gasteiger partial charge is 0.261 e. The van der Waals surface area contributed by atoms with Gasteiger partial charge in [0, 0.05) is 13.6 Å². The van der Waals surface area contributed by atoms with E-state index in [4.69, 9.17) is 4.52 Å². The SMILES string of the molecule is Cc1noc(C)c1S(=O)(=O)N1CCCC1c1nc2ccccc2c(=O)n1C. The number of para-hydroxylation sites is 1. The third-order valence-corrected chi connectivity index (χ3v) is 7.21. The van der Waals surface area contributed by atoms with E-state index in [1.165, 1.54) is 8.87 Å². The molecule has 4 rings (SSSR count). The highest BCUT2D eigenvalue weighted by Crippen LogP contribution is 2.37. The Morgan fingerprint density at radius 2 is 1.96 bits per heavy atom. The van der Waals surface area contributed by atoms with E-state index in [-0.39, 0.29) is 16.2 Å². The minimum absolute atomic E-state index is 0.0974. The second-order valence-electron chi connectivity index (χ2n) is 6.78. The number of rotatable bonds is 3. The molecule has 8 nitrogen and oxygen atoms in total. The molecule has 142 valence electrons. The number of nitrogens with zero attached hydrogens (tertiary/aromatic N) is 4. The molecule has 0 N–H and O–H groups in total. The van der Waals surface area contributed by atoms with Crippen molar-refractivity contribution in [1.29, 1.82) is 0 Å². The van der Waals surface area contributed by atoms with Crippen molar-refractivity contribution in [2.24, 2.45) is 7.05 Å². The fourth-order valence-electron chi connectivity index (χ4n) is 3.78. The van der Waals surface area contributed by atoms with Crippen LogP contribution in [0.25, 0.3) is 10.9 Å². The average molecular weight is 388 g/mol. The van der Waals surface area contributed by atoms with Crippen LogP contribution in [0.5, 0.6) is 0 Å². The molecule has 1 aliphatic rings. The standard InChI is InChI=1S/C18H20N4O4S/c1-11-16(12(2)26-20-11)27(24,25)22-10-6-9-15(22)17-19-14-8-5-4-7-13(14)18(23)21(17)3/h4-5,7-8,15H,6,9-10H2,1-3H3. The van der Waals surface area contributed by atoms with Crippen molar-refractivity contribution >= 4 is 20.9 Å². The van der Waals surface area contributed by atoms with Crippen LogP contribution in [0.15, 0.2) is 38.5 Å². The van der Waals surface area contributed by atoms with E-state index in [9.17, 15) is 13.2 Å². The Bertz CT molecular complexity index is 1180. The minimum atomic E-state index is -3.82. The Balaban J connectivity index is 1.87. The Morgan fingerprint density at radius 1 is 1.22 bits per heavy atom. The molecule has 0 amide bonds. The summed E-state index contributed by atoms with van der Waals surface area (Å²) in [4.78, 5) is 17.5. The highest BCUT2D eigenvalue weighted by atomic mass is 32.2. The number of benzene rings is 1. The number of aryl methyl sites for hydroxylation is 2. The van der Waals surface area contributed by atoms with Crippen molar-refractivity contribution in [3.05, 3.63) is 51.9 Å². The molecular formula is C18H20N4O4S. The normalized spacial score (nSPS) is 18.4. The first-order valence-corrected chi connectivity index (χ1v) is 10.2. The van der Waals surface area contributed by atoms with Crippen molar-refractivity contribution in [2.45, 2.75) is 37.6 Å². The van der Waals surface area contributed by atoms with E-state index in [0.29, 0.717) is 41.8 Å². The summed E-state index contributed by atoms with van der Waals surface area (Å²) in [5, 5.41) is 4.29. The van der Waals surface area contributed by atoms with E-state index >= 15 is 0 Å². The zero-order valence-electron chi connectivity index (χ0n) is 15.3. The molecule has 1 aliphatic heterocycles. The van der Waals surface area contributed by atoms with Gasteiger partial charge in [0.05, 0.1) is 16.9 Å². The molecule has 1 atom stereocenters. The first-order valence-electron chi connectivity index (χ1n) is 8.72. The number of aromatic nitrogens is 3. The number of sulfonamides is 1. The van der Waals surface area contributed by atoms with Crippen LogP contribution in [0.3, 0.4) is 0 Å². The lowest BCUT2D eigenvalue weighted by atomic mass is 10.2. The van der Waals surface area contributed by atoms with Gasteiger partial charge in [0.1, 0.15) is 16.4 Å². The minimum Gasteiger partial charge on any atom is -0.360 e. The summed E-state index contributed by atoms with van der Waals surface area (Å²) in [7, 11) is -2.18. The van der Waals surface area contributed by atoms with Gasteiger partial charge in [-0.25, -0.2) is 13.4 Å². The lowest BCUT2D eigenvalue weighted by molar-refractivity contribution is 0.370. The van der Waals surface area contributed by atoms with Gasteiger partial charge in [-0.1, -0.05) is 17.3 Å². The van der Waals surface area contributed by atoms with Gasteiger partial charge in [-0.3, -0.25) is 9.36 Å². The molecular weight excluding hydrogens is 368 g/mol. The van der Waals surface area contributed by atoms with Gasteiger partial charge >= 0.3 is 0 Å². The highest BCUT2D eigenvalue weighted by Gasteiger charge is 2.41. The van der Waals surface area contributed by atoms with Gasteiger partial charge in [0.2, 0.25) is 10.0 Å². The largest absolute Gasteiger partial charge is 0.360 e. The van der Waals surface area contributed by atoms with Crippen LogP contribution in [0.4, 0.5) is 0 Å². The van der Waals surface area contributed by atoms with Gasteiger partial charge in [-0.2, -0.15) is 4.31 Å². The maximum absolute atomic E-state index is 13.3. The topological polar surface area (TPSA) is 98.3 Å². The molecule has 0 bridgehead atoms.